The standard InChI is InChI=1S/C12H12ClN5/c1-3-8-5-11(18-17-8)15-10-4-7(2)9(6-14)12(13)16-10/h4-5H,3H2,1-2H3,(H2,15,16,17,18). The van der Waals surface area contributed by atoms with Gasteiger partial charge in [-0.05, 0) is 25.0 Å². The number of pyridine rings is 1. The van der Waals surface area contributed by atoms with E-state index in [4.69, 9.17) is 16.9 Å². The third-order valence-corrected chi connectivity index (χ3v) is 2.83. The summed E-state index contributed by atoms with van der Waals surface area (Å²) < 4.78 is 0. The number of hydrogen-bond acceptors (Lipinski definition) is 4. The Morgan fingerprint density at radius 3 is 2.78 bits per heavy atom. The fourth-order valence-corrected chi connectivity index (χ4v) is 1.85. The molecule has 0 saturated heterocycles. The molecule has 2 rings (SSSR count). The Hall–Kier alpha value is -2.06. The van der Waals surface area contributed by atoms with Gasteiger partial charge >= 0.3 is 0 Å². The third kappa shape index (κ3) is 2.44. The van der Waals surface area contributed by atoms with E-state index in [-0.39, 0.29) is 5.15 Å². The molecule has 0 aliphatic carbocycles. The lowest BCUT2D eigenvalue weighted by Gasteiger charge is -2.05. The van der Waals surface area contributed by atoms with E-state index in [2.05, 4.69) is 20.5 Å². The largest absolute Gasteiger partial charge is 0.323 e. The van der Waals surface area contributed by atoms with Crippen molar-refractivity contribution in [1.29, 1.82) is 5.26 Å². The van der Waals surface area contributed by atoms with E-state index in [0.717, 1.165) is 17.7 Å². The quantitative estimate of drug-likeness (QED) is 0.833. The Bertz CT molecular complexity index is 588. The second kappa shape index (κ2) is 5.07. The molecule has 0 saturated carbocycles. The summed E-state index contributed by atoms with van der Waals surface area (Å²) in [7, 11) is 0. The maximum Gasteiger partial charge on any atom is 0.153 e. The molecule has 0 amide bonds. The van der Waals surface area contributed by atoms with E-state index in [9.17, 15) is 0 Å². The van der Waals surface area contributed by atoms with Crippen molar-refractivity contribution >= 4 is 23.2 Å². The Kier molecular flexibility index (Phi) is 3.49. The van der Waals surface area contributed by atoms with E-state index in [1.807, 2.05) is 26.0 Å². The molecular formula is C12H12ClN5. The number of nitriles is 1. The first-order valence-electron chi connectivity index (χ1n) is 5.52. The number of aromatic nitrogens is 3. The molecule has 18 heavy (non-hydrogen) atoms. The van der Waals surface area contributed by atoms with Gasteiger partial charge in [-0.3, -0.25) is 5.10 Å². The lowest BCUT2D eigenvalue weighted by molar-refractivity contribution is 0.975. The minimum Gasteiger partial charge on any atom is -0.323 e. The highest BCUT2D eigenvalue weighted by molar-refractivity contribution is 6.30. The number of aromatic amines is 1. The third-order valence-electron chi connectivity index (χ3n) is 2.55. The van der Waals surface area contributed by atoms with Gasteiger partial charge in [0.1, 0.15) is 17.0 Å². The van der Waals surface area contributed by atoms with Gasteiger partial charge in [-0.1, -0.05) is 18.5 Å². The van der Waals surface area contributed by atoms with Crippen LogP contribution in [0, 0.1) is 18.3 Å². The molecule has 0 atom stereocenters. The normalized spacial score (nSPS) is 10.1. The number of nitrogens with one attached hydrogen (secondary N) is 2. The van der Waals surface area contributed by atoms with Crippen LogP contribution in [0.1, 0.15) is 23.7 Å². The smallest absolute Gasteiger partial charge is 0.153 e. The van der Waals surface area contributed by atoms with Crippen LogP contribution in [0.5, 0.6) is 0 Å². The van der Waals surface area contributed by atoms with Gasteiger partial charge in [0.25, 0.3) is 0 Å². The Labute approximate surface area is 110 Å². The average molecular weight is 262 g/mol. The summed E-state index contributed by atoms with van der Waals surface area (Å²) in [5.74, 6) is 1.25. The van der Waals surface area contributed by atoms with Crippen molar-refractivity contribution in [1.82, 2.24) is 15.2 Å². The summed E-state index contributed by atoms with van der Waals surface area (Å²) >= 11 is 5.93. The number of anilines is 2. The molecule has 5 nitrogen and oxygen atoms in total. The molecule has 6 heteroatoms. The van der Waals surface area contributed by atoms with Crippen LogP contribution in [0.2, 0.25) is 5.15 Å². The van der Waals surface area contributed by atoms with Crippen LogP contribution in [0.15, 0.2) is 12.1 Å². The SMILES string of the molecule is CCc1cc(Nc2cc(C)c(C#N)c(Cl)n2)n[nH]1. The highest BCUT2D eigenvalue weighted by Crippen LogP contribution is 2.22. The number of halogens is 1. The number of hydrogen-bond donors (Lipinski definition) is 2. The van der Waals surface area contributed by atoms with Gasteiger partial charge in [0.2, 0.25) is 0 Å². The van der Waals surface area contributed by atoms with Gasteiger partial charge in [-0.2, -0.15) is 10.4 Å². The minimum atomic E-state index is 0.200. The van der Waals surface area contributed by atoms with Gasteiger partial charge in [-0.25, -0.2) is 4.98 Å². The lowest BCUT2D eigenvalue weighted by atomic mass is 10.2. The van der Waals surface area contributed by atoms with E-state index in [0.29, 0.717) is 17.2 Å². The van der Waals surface area contributed by atoms with Crippen molar-refractivity contribution < 1.29 is 0 Å². The lowest BCUT2D eigenvalue weighted by Crippen LogP contribution is -1.97. The molecule has 0 bridgehead atoms. The molecule has 2 aromatic rings. The summed E-state index contributed by atoms with van der Waals surface area (Å²) in [4.78, 5) is 4.11. The van der Waals surface area contributed by atoms with Gasteiger partial charge < -0.3 is 5.32 Å². The predicted octanol–water partition coefficient (Wildman–Crippen LogP) is 2.94. The van der Waals surface area contributed by atoms with Gasteiger partial charge in [0.15, 0.2) is 5.82 Å². The van der Waals surface area contributed by atoms with Gasteiger partial charge in [0.05, 0.1) is 5.56 Å². The molecule has 0 aliphatic rings. The second-order valence-corrected chi connectivity index (χ2v) is 4.22. The Balaban J connectivity index is 2.27. The highest BCUT2D eigenvalue weighted by atomic mass is 35.5. The van der Waals surface area contributed by atoms with Gasteiger partial charge in [0, 0.05) is 11.8 Å². The molecular weight excluding hydrogens is 250 g/mol. The molecule has 2 heterocycles. The van der Waals surface area contributed by atoms with Crippen LogP contribution in [-0.2, 0) is 6.42 Å². The van der Waals surface area contributed by atoms with Crippen molar-refractivity contribution in [2.24, 2.45) is 0 Å². The minimum absolute atomic E-state index is 0.200. The number of aryl methyl sites for hydroxylation is 2. The fraction of sp³-hybridized carbons (Fsp3) is 0.250. The average Bonchev–Trinajstić information content (AvgIpc) is 2.76. The molecule has 0 unspecified atom stereocenters. The second-order valence-electron chi connectivity index (χ2n) is 3.86. The highest BCUT2D eigenvalue weighted by Gasteiger charge is 2.08. The molecule has 2 aromatic heterocycles. The number of H-pyrrole nitrogens is 1. The monoisotopic (exact) mass is 261 g/mol. The maximum atomic E-state index is 8.90. The zero-order chi connectivity index (χ0) is 13.1. The Morgan fingerprint density at radius 1 is 1.44 bits per heavy atom. The van der Waals surface area contributed by atoms with Crippen LogP contribution in [0.3, 0.4) is 0 Å². The van der Waals surface area contributed by atoms with Crippen LogP contribution >= 0.6 is 11.6 Å². The van der Waals surface area contributed by atoms with E-state index in [1.165, 1.54) is 0 Å². The van der Waals surface area contributed by atoms with Crippen molar-refractivity contribution in [3.05, 3.63) is 34.1 Å². The van der Waals surface area contributed by atoms with Crippen molar-refractivity contribution in [2.75, 3.05) is 5.32 Å². The van der Waals surface area contributed by atoms with Crippen LogP contribution in [0.25, 0.3) is 0 Å². The van der Waals surface area contributed by atoms with Crippen LogP contribution in [-0.4, -0.2) is 15.2 Å². The molecule has 0 radical (unpaired) electrons. The number of nitrogens with zero attached hydrogens (tertiary/aromatic N) is 3. The predicted molar refractivity (Wildman–Crippen MR) is 69.9 cm³/mol. The van der Waals surface area contributed by atoms with Crippen molar-refractivity contribution in [3.63, 3.8) is 0 Å². The van der Waals surface area contributed by atoms with Crippen LogP contribution < -0.4 is 5.32 Å². The molecule has 0 spiro atoms. The zero-order valence-corrected chi connectivity index (χ0v) is 10.8. The summed E-state index contributed by atoms with van der Waals surface area (Å²) in [6, 6.07) is 5.70. The summed E-state index contributed by atoms with van der Waals surface area (Å²) in [5, 5.41) is 19.1. The first-order valence-corrected chi connectivity index (χ1v) is 5.90. The summed E-state index contributed by atoms with van der Waals surface area (Å²) in [5.41, 5.74) is 2.22. The maximum absolute atomic E-state index is 8.90. The fourth-order valence-electron chi connectivity index (χ4n) is 1.57. The number of rotatable bonds is 3. The van der Waals surface area contributed by atoms with Gasteiger partial charge in [-0.15, -0.1) is 0 Å². The van der Waals surface area contributed by atoms with E-state index < -0.39 is 0 Å². The van der Waals surface area contributed by atoms with E-state index in [1.54, 1.807) is 6.07 Å². The summed E-state index contributed by atoms with van der Waals surface area (Å²) in [6.45, 7) is 3.86. The molecule has 0 aromatic carbocycles. The van der Waals surface area contributed by atoms with E-state index >= 15 is 0 Å². The zero-order valence-electron chi connectivity index (χ0n) is 10.1. The molecule has 0 aliphatic heterocycles. The summed E-state index contributed by atoms with van der Waals surface area (Å²) in [6.07, 6.45) is 0.884. The molecule has 2 N–H and O–H groups in total. The van der Waals surface area contributed by atoms with Crippen LogP contribution in [0.4, 0.5) is 11.6 Å². The first kappa shape index (κ1) is 12.4. The Morgan fingerprint density at radius 2 is 2.22 bits per heavy atom. The first-order chi connectivity index (χ1) is 8.63. The molecule has 0 fully saturated rings. The topological polar surface area (TPSA) is 77.4 Å². The van der Waals surface area contributed by atoms with Crippen molar-refractivity contribution in [2.45, 2.75) is 20.3 Å². The van der Waals surface area contributed by atoms with Crippen molar-refractivity contribution in [3.8, 4) is 6.07 Å². The molecule has 92 valence electrons.